The minimum Gasteiger partial charge on any atom is -0.314 e. The van der Waals surface area contributed by atoms with E-state index < -0.39 is 0 Å². The largest absolute Gasteiger partial charge is 0.314 e. The number of aryl methyl sites for hydroxylation is 1. The third kappa shape index (κ3) is 1.53. The fraction of sp³-hybridized carbons (Fsp3) is 0.333. The quantitative estimate of drug-likeness (QED) is 0.734. The number of hydrogen-bond donors (Lipinski definition) is 1. The maximum atomic E-state index is 4.33. The van der Waals surface area contributed by atoms with Crippen molar-refractivity contribution in [3.8, 4) is 0 Å². The molecule has 2 rings (SSSR count). The number of imidazole rings is 1. The normalized spacial score (nSPS) is 10.9. The Bertz CT molecular complexity index is 418. The van der Waals surface area contributed by atoms with Gasteiger partial charge in [-0.1, -0.05) is 0 Å². The molecule has 1 N–H and O–H groups in total. The maximum absolute atomic E-state index is 4.33. The van der Waals surface area contributed by atoms with E-state index in [9.17, 15) is 0 Å². The van der Waals surface area contributed by atoms with Gasteiger partial charge in [0, 0.05) is 25.1 Å². The second-order valence-electron chi connectivity index (χ2n) is 3.10. The highest BCUT2D eigenvalue weighted by molar-refractivity contribution is 5.31. The van der Waals surface area contributed by atoms with Gasteiger partial charge in [-0.2, -0.15) is 0 Å². The van der Waals surface area contributed by atoms with Gasteiger partial charge in [0.25, 0.3) is 0 Å². The third-order valence-electron chi connectivity index (χ3n) is 1.85. The molecule has 4 nitrogen and oxygen atoms in total. The number of hydrogen-bond acceptors (Lipinski definition) is 3. The summed E-state index contributed by atoms with van der Waals surface area (Å²) in [6, 6.07) is 0. The summed E-state index contributed by atoms with van der Waals surface area (Å²) in [4.78, 5) is 8.54. The molecule has 2 aromatic rings. The van der Waals surface area contributed by atoms with E-state index in [2.05, 4.69) is 15.3 Å². The van der Waals surface area contributed by atoms with Crippen LogP contribution in [-0.2, 0) is 6.54 Å². The first kappa shape index (κ1) is 8.19. The first-order chi connectivity index (χ1) is 6.29. The van der Waals surface area contributed by atoms with Gasteiger partial charge in [0.2, 0.25) is 5.78 Å². The van der Waals surface area contributed by atoms with Crippen molar-refractivity contribution in [2.75, 3.05) is 7.05 Å². The summed E-state index contributed by atoms with van der Waals surface area (Å²) in [5.41, 5.74) is 2.15. The molecule has 2 heterocycles. The zero-order valence-electron chi connectivity index (χ0n) is 7.78. The summed E-state index contributed by atoms with van der Waals surface area (Å²) >= 11 is 0. The lowest BCUT2D eigenvalue weighted by atomic mass is 10.4. The van der Waals surface area contributed by atoms with Gasteiger partial charge < -0.3 is 5.32 Å². The highest BCUT2D eigenvalue weighted by Gasteiger charge is 2.00. The summed E-state index contributed by atoms with van der Waals surface area (Å²) < 4.78 is 1.95. The van der Waals surface area contributed by atoms with Gasteiger partial charge in [-0.15, -0.1) is 0 Å². The van der Waals surface area contributed by atoms with Gasteiger partial charge in [0.15, 0.2) is 0 Å². The van der Waals surface area contributed by atoms with Crippen molar-refractivity contribution in [1.82, 2.24) is 19.7 Å². The summed E-state index contributed by atoms with van der Waals surface area (Å²) in [5.74, 6) is 0.760. The molecule has 0 unspecified atom stereocenters. The molecule has 68 valence electrons. The Hall–Kier alpha value is -1.42. The molecule has 0 saturated carbocycles. The Morgan fingerprint density at radius 2 is 2.31 bits per heavy atom. The van der Waals surface area contributed by atoms with E-state index in [1.807, 2.05) is 37.0 Å². The molecule has 2 aromatic heterocycles. The Morgan fingerprint density at radius 1 is 1.46 bits per heavy atom. The van der Waals surface area contributed by atoms with Gasteiger partial charge in [0.1, 0.15) is 0 Å². The van der Waals surface area contributed by atoms with Crippen LogP contribution in [0.4, 0.5) is 0 Å². The highest BCUT2D eigenvalue weighted by atomic mass is 15.1. The molecule has 0 saturated heterocycles. The zero-order chi connectivity index (χ0) is 9.26. The van der Waals surface area contributed by atoms with Crippen LogP contribution < -0.4 is 5.32 Å². The molecule has 0 bridgehead atoms. The van der Waals surface area contributed by atoms with Crippen LogP contribution in [0.25, 0.3) is 5.78 Å². The van der Waals surface area contributed by atoms with E-state index >= 15 is 0 Å². The molecule has 13 heavy (non-hydrogen) atoms. The second-order valence-corrected chi connectivity index (χ2v) is 3.10. The first-order valence-electron chi connectivity index (χ1n) is 4.24. The van der Waals surface area contributed by atoms with E-state index in [0.29, 0.717) is 0 Å². The molecular weight excluding hydrogens is 164 g/mol. The molecule has 0 radical (unpaired) electrons. The van der Waals surface area contributed by atoms with Crippen molar-refractivity contribution in [1.29, 1.82) is 0 Å². The molecule has 0 aromatic carbocycles. The molecule has 0 atom stereocenters. The van der Waals surface area contributed by atoms with Gasteiger partial charge in [-0.05, 0) is 19.5 Å². The Kier molecular flexibility index (Phi) is 1.98. The lowest BCUT2D eigenvalue weighted by molar-refractivity contribution is 0.797. The van der Waals surface area contributed by atoms with Gasteiger partial charge in [-0.3, -0.25) is 4.40 Å². The van der Waals surface area contributed by atoms with E-state index in [-0.39, 0.29) is 0 Å². The lowest BCUT2D eigenvalue weighted by Gasteiger charge is -1.92. The Balaban J connectivity index is 2.49. The molecule has 0 amide bonds. The van der Waals surface area contributed by atoms with Crippen LogP contribution in [0.1, 0.15) is 11.3 Å². The summed E-state index contributed by atoms with van der Waals surface area (Å²) in [6.45, 7) is 2.80. The predicted octanol–water partition coefficient (Wildman–Crippen LogP) is 0.757. The standard InChI is InChI=1S/C9H12N4/c1-7-3-11-9-12-8(4-10-2)6-13(9)5-7/h3,5-6,10H,4H2,1-2H3. The highest BCUT2D eigenvalue weighted by Crippen LogP contribution is 2.03. The van der Waals surface area contributed by atoms with Gasteiger partial charge in [0.05, 0.1) is 5.69 Å². The third-order valence-corrected chi connectivity index (χ3v) is 1.85. The van der Waals surface area contributed by atoms with Crippen molar-refractivity contribution in [3.05, 3.63) is 29.8 Å². The van der Waals surface area contributed by atoms with Gasteiger partial charge in [-0.25, -0.2) is 9.97 Å². The van der Waals surface area contributed by atoms with Crippen molar-refractivity contribution in [3.63, 3.8) is 0 Å². The van der Waals surface area contributed by atoms with Gasteiger partial charge >= 0.3 is 0 Å². The van der Waals surface area contributed by atoms with Crippen LogP contribution in [0.2, 0.25) is 0 Å². The SMILES string of the molecule is CNCc1cn2cc(C)cnc2n1. The molecule has 0 fully saturated rings. The monoisotopic (exact) mass is 176 g/mol. The van der Waals surface area contributed by atoms with Crippen LogP contribution >= 0.6 is 0 Å². The number of nitrogens with one attached hydrogen (secondary N) is 1. The molecule has 4 heteroatoms. The lowest BCUT2D eigenvalue weighted by Crippen LogP contribution is -2.04. The van der Waals surface area contributed by atoms with E-state index in [1.54, 1.807) is 0 Å². The van der Waals surface area contributed by atoms with Crippen molar-refractivity contribution < 1.29 is 0 Å². The van der Waals surface area contributed by atoms with Crippen molar-refractivity contribution in [2.24, 2.45) is 0 Å². The van der Waals surface area contributed by atoms with E-state index in [0.717, 1.165) is 23.6 Å². The number of fused-ring (bicyclic) bond motifs is 1. The van der Waals surface area contributed by atoms with Crippen LogP contribution in [0.3, 0.4) is 0 Å². The van der Waals surface area contributed by atoms with Crippen LogP contribution in [0.15, 0.2) is 18.6 Å². The van der Waals surface area contributed by atoms with Crippen LogP contribution in [0.5, 0.6) is 0 Å². The van der Waals surface area contributed by atoms with Crippen LogP contribution in [0, 0.1) is 6.92 Å². The van der Waals surface area contributed by atoms with E-state index in [1.165, 1.54) is 0 Å². The Morgan fingerprint density at radius 3 is 3.08 bits per heavy atom. The smallest absolute Gasteiger partial charge is 0.233 e. The Labute approximate surface area is 76.6 Å². The number of aromatic nitrogens is 3. The number of nitrogens with zero attached hydrogens (tertiary/aromatic N) is 3. The average molecular weight is 176 g/mol. The zero-order valence-corrected chi connectivity index (χ0v) is 7.78. The minimum atomic E-state index is 0.760. The average Bonchev–Trinajstić information content (AvgIpc) is 2.46. The molecule has 0 spiro atoms. The number of rotatable bonds is 2. The first-order valence-corrected chi connectivity index (χ1v) is 4.24. The summed E-state index contributed by atoms with van der Waals surface area (Å²) in [7, 11) is 1.91. The molecule has 0 aliphatic carbocycles. The topological polar surface area (TPSA) is 42.2 Å². The van der Waals surface area contributed by atoms with E-state index in [4.69, 9.17) is 0 Å². The van der Waals surface area contributed by atoms with Crippen molar-refractivity contribution in [2.45, 2.75) is 13.5 Å². The molecular formula is C9H12N4. The maximum Gasteiger partial charge on any atom is 0.233 e. The minimum absolute atomic E-state index is 0.760. The fourth-order valence-electron chi connectivity index (χ4n) is 1.30. The van der Waals surface area contributed by atoms with Crippen molar-refractivity contribution >= 4 is 5.78 Å². The summed E-state index contributed by atoms with van der Waals surface area (Å²) in [5, 5.41) is 3.06. The fourth-order valence-corrected chi connectivity index (χ4v) is 1.30. The second kappa shape index (κ2) is 3.14. The van der Waals surface area contributed by atoms with Crippen LogP contribution in [-0.4, -0.2) is 21.4 Å². The summed E-state index contributed by atoms with van der Waals surface area (Å²) in [6.07, 6.45) is 5.84. The predicted molar refractivity (Wildman–Crippen MR) is 50.5 cm³/mol. The molecule has 0 aliphatic rings. The molecule has 0 aliphatic heterocycles.